The highest BCUT2D eigenvalue weighted by Crippen LogP contribution is 2.19. The molecule has 124 valence electrons. The van der Waals surface area contributed by atoms with Crippen LogP contribution in [0, 0.1) is 0 Å². The predicted molar refractivity (Wildman–Crippen MR) is 91.7 cm³/mol. The van der Waals surface area contributed by atoms with Gasteiger partial charge in [-0.3, -0.25) is 4.79 Å². The van der Waals surface area contributed by atoms with Gasteiger partial charge in [-0.15, -0.1) is 0 Å². The van der Waals surface area contributed by atoms with E-state index in [1.54, 1.807) is 4.90 Å². The molecule has 0 bridgehead atoms. The van der Waals surface area contributed by atoms with E-state index in [4.69, 9.17) is 4.74 Å². The molecule has 0 aliphatic carbocycles. The summed E-state index contributed by atoms with van der Waals surface area (Å²) in [7, 11) is 0. The van der Waals surface area contributed by atoms with Crippen LogP contribution >= 0.6 is 0 Å². The van der Waals surface area contributed by atoms with Crippen LogP contribution in [0.25, 0.3) is 11.1 Å². The number of nitrogens with zero attached hydrogens (tertiary/aromatic N) is 1. The van der Waals surface area contributed by atoms with E-state index < -0.39 is 0 Å². The summed E-state index contributed by atoms with van der Waals surface area (Å²) >= 11 is 0. The van der Waals surface area contributed by atoms with Gasteiger partial charge in [0.25, 0.3) is 5.91 Å². The van der Waals surface area contributed by atoms with E-state index >= 15 is 0 Å². The quantitative estimate of drug-likeness (QED) is 0.831. The van der Waals surface area contributed by atoms with Gasteiger partial charge in [0.05, 0.1) is 6.54 Å². The number of hydrogen-bond acceptors (Lipinski definition) is 3. The topological polar surface area (TPSA) is 58.6 Å². The summed E-state index contributed by atoms with van der Waals surface area (Å²) in [5.41, 5.74) is 2.84. The summed E-state index contributed by atoms with van der Waals surface area (Å²) in [6, 6.07) is 17.6. The largest absolute Gasteiger partial charge is 0.448 e. The Kier molecular flexibility index (Phi) is 5.11. The Bertz CT molecular complexity index is 698. The fourth-order valence-corrected chi connectivity index (χ4v) is 2.65. The van der Waals surface area contributed by atoms with Crippen LogP contribution in [0.1, 0.15) is 16.8 Å². The van der Waals surface area contributed by atoms with Gasteiger partial charge in [-0.05, 0) is 29.7 Å². The van der Waals surface area contributed by atoms with Gasteiger partial charge in [0, 0.05) is 18.7 Å². The van der Waals surface area contributed by atoms with Gasteiger partial charge in [0.2, 0.25) is 0 Å². The molecule has 5 nitrogen and oxygen atoms in total. The third kappa shape index (κ3) is 3.93. The molecule has 1 aliphatic heterocycles. The fourth-order valence-electron chi connectivity index (χ4n) is 2.65. The number of cyclic esters (lactones) is 1. The summed E-state index contributed by atoms with van der Waals surface area (Å²) in [5.74, 6) is -0.0985. The van der Waals surface area contributed by atoms with Crippen LogP contribution in [-0.2, 0) is 4.74 Å². The Morgan fingerprint density at radius 1 is 1.04 bits per heavy atom. The molecule has 5 heteroatoms. The minimum atomic E-state index is -0.266. The van der Waals surface area contributed by atoms with E-state index in [2.05, 4.69) is 5.32 Å². The molecule has 3 rings (SSSR count). The summed E-state index contributed by atoms with van der Waals surface area (Å²) < 4.78 is 4.86. The Morgan fingerprint density at radius 3 is 2.42 bits per heavy atom. The Balaban J connectivity index is 1.47. The summed E-state index contributed by atoms with van der Waals surface area (Å²) in [4.78, 5) is 25.1. The van der Waals surface area contributed by atoms with Crippen molar-refractivity contribution < 1.29 is 14.3 Å². The van der Waals surface area contributed by atoms with Crippen molar-refractivity contribution in [1.29, 1.82) is 0 Å². The van der Waals surface area contributed by atoms with E-state index in [9.17, 15) is 9.59 Å². The molecule has 2 aromatic rings. The molecule has 0 radical (unpaired) electrons. The maximum Gasteiger partial charge on any atom is 0.409 e. The van der Waals surface area contributed by atoms with Crippen molar-refractivity contribution >= 4 is 12.0 Å². The number of carbonyl (C=O) groups is 2. The average Bonchev–Trinajstić information content (AvgIpc) is 3.04. The molecular weight excluding hydrogens is 304 g/mol. The number of ether oxygens (including phenoxy) is 1. The predicted octanol–water partition coefficient (Wildman–Crippen LogP) is 2.93. The third-order valence-corrected chi connectivity index (χ3v) is 3.99. The van der Waals surface area contributed by atoms with Gasteiger partial charge in [-0.1, -0.05) is 42.5 Å². The molecule has 2 aromatic carbocycles. The molecule has 2 amide bonds. The zero-order chi connectivity index (χ0) is 16.8. The van der Waals surface area contributed by atoms with Crippen molar-refractivity contribution in [3.8, 4) is 11.1 Å². The maximum atomic E-state index is 12.1. The minimum absolute atomic E-state index is 0.0985. The van der Waals surface area contributed by atoms with E-state index in [-0.39, 0.29) is 12.0 Å². The molecule has 1 N–H and O–H groups in total. The molecule has 0 atom stereocenters. The van der Waals surface area contributed by atoms with Gasteiger partial charge in [0.15, 0.2) is 0 Å². The molecule has 1 heterocycles. The van der Waals surface area contributed by atoms with Crippen LogP contribution in [0.5, 0.6) is 0 Å². The lowest BCUT2D eigenvalue weighted by molar-refractivity contribution is 0.0952. The van der Waals surface area contributed by atoms with Gasteiger partial charge >= 0.3 is 6.09 Å². The Morgan fingerprint density at radius 2 is 1.75 bits per heavy atom. The van der Waals surface area contributed by atoms with E-state index in [1.165, 1.54) is 0 Å². The first kappa shape index (κ1) is 16.1. The van der Waals surface area contributed by atoms with Crippen LogP contribution in [-0.4, -0.2) is 43.1 Å². The van der Waals surface area contributed by atoms with Crippen molar-refractivity contribution in [1.82, 2.24) is 10.2 Å². The molecule has 1 aliphatic rings. The van der Waals surface area contributed by atoms with Gasteiger partial charge in [0.1, 0.15) is 6.61 Å². The average molecular weight is 324 g/mol. The number of rotatable bonds is 6. The van der Waals surface area contributed by atoms with Crippen molar-refractivity contribution in [2.45, 2.75) is 6.42 Å². The normalized spacial score (nSPS) is 13.7. The highest BCUT2D eigenvalue weighted by molar-refractivity contribution is 5.94. The first-order chi connectivity index (χ1) is 11.7. The molecule has 0 aromatic heterocycles. The Labute approximate surface area is 141 Å². The second kappa shape index (κ2) is 7.64. The second-order valence-corrected chi connectivity index (χ2v) is 5.65. The standard InChI is InChI=1S/C19H20N2O3/c22-18(20-11-4-12-21-13-14-24-19(21)23)17-9-7-16(8-10-17)15-5-2-1-3-6-15/h1-3,5-10H,4,11-14H2,(H,20,22). The SMILES string of the molecule is O=C(NCCCN1CCOC1=O)c1ccc(-c2ccccc2)cc1. The van der Waals surface area contributed by atoms with Gasteiger partial charge in [-0.2, -0.15) is 0 Å². The molecule has 1 saturated heterocycles. The number of amides is 2. The van der Waals surface area contributed by atoms with Gasteiger partial charge in [-0.25, -0.2) is 4.79 Å². The number of nitrogens with one attached hydrogen (secondary N) is 1. The van der Waals surface area contributed by atoms with Crippen molar-refractivity contribution in [3.63, 3.8) is 0 Å². The highest BCUT2D eigenvalue weighted by atomic mass is 16.6. The highest BCUT2D eigenvalue weighted by Gasteiger charge is 2.20. The van der Waals surface area contributed by atoms with E-state index in [0.717, 1.165) is 11.1 Å². The van der Waals surface area contributed by atoms with Crippen LogP contribution in [0.2, 0.25) is 0 Å². The summed E-state index contributed by atoms with van der Waals surface area (Å²) in [5, 5.41) is 2.88. The zero-order valence-corrected chi connectivity index (χ0v) is 13.4. The lowest BCUT2D eigenvalue weighted by atomic mass is 10.0. The van der Waals surface area contributed by atoms with E-state index in [0.29, 0.717) is 38.2 Å². The third-order valence-electron chi connectivity index (χ3n) is 3.99. The maximum absolute atomic E-state index is 12.1. The van der Waals surface area contributed by atoms with Crippen LogP contribution in [0.4, 0.5) is 4.79 Å². The number of benzene rings is 2. The summed E-state index contributed by atoms with van der Waals surface area (Å²) in [6.07, 6.45) is 0.445. The molecule has 24 heavy (non-hydrogen) atoms. The monoisotopic (exact) mass is 324 g/mol. The van der Waals surface area contributed by atoms with Crippen LogP contribution in [0.15, 0.2) is 54.6 Å². The molecular formula is C19H20N2O3. The molecule has 0 spiro atoms. The minimum Gasteiger partial charge on any atom is -0.448 e. The van der Waals surface area contributed by atoms with Crippen molar-refractivity contribution in [3.05, 3.63) is 60.2 Å². The Hall–Kier alpha value is -2.82. The first-order valence-corrected chi connectivity index (χ1v) is 8.09. The molecule has 0 unspecified atom stereocenters. The second-order valence-electron chi connectivity index (χ2n) is 5.65. The van der Waals surface area contributed by atoms with Crippen molar-refractivity contribution in [2.75, 3.05) is 26.2 Å². The fraction of sp³-hybridized carbons (Fsp3) is 0.263. The first-order valence-electron chi connectivity index (χ1n) is 8.09. The smallest absolute Gasteiger partial charge is 0.409 e. The number of hydrogen-bond donors (Lipinski definition) is 1. The van der Waals surface area contributed by atoms with Crippen molar-refractivity contribution in [2.24, 2.45) is 0 Å². The van der Waals surface area contributed by atoms with E-state index in [1.807, 2.05) is 54.6 Å². The van der Waals surface area contributed by atoms with Crippen LogP contribution < -0.4 is 5.32 Å². The zero-order valence-electron chi connectivity index (χ0n) is 13.4. The van der Waals surface area contributed by atoms with Gasteiger partial charge < -0.3 is 15.0 Å². The number of carbonyl (C=O) groups excluding carboxylic acids is 2. The lowest BCUT2D eigenvalue weighted by Gasteiger charge is -2.12. The lowest BCUT2D eigenvalue weighted by Crippen LogP contribution is -2.30. The molecule has 1 fully saturated rings. The van der Waals surface area contributed by atoms with Crippen LogP contribution in [0.3, 0.4) is 0 Å². The summed E-state index contributed by atoms with van der Waals surface area (Å²) in [6.45, 7) is 2.22. The molecule has 0 saturated carbocycles.